The van der Waals surface area contributed by atoms with Gasteiger partial charge in [-0.1, -0.05) is 15.9 Å². The highest BCUT2D eigenvalue weighted by Crippen LogP contribution is 2.23. The summed E-state index contributed by atoms with van der Waals surface area (Å²) >= 11 is 5.21. The van der Waals surface area contributed by atoms with E-state index in [0.717, 1.165) is 28.1 Å². The molecule has 6 nitrogen and oxygen atoms in total. The number of rotatable bonds is 8. The third-order valence-corrected chi connectivity index (χ3v) is 4.26. The number of aliphatic imine (C=N–C) groups is 1. The van der Waals surface area contributed by atoms with Crippen molar-refractivity contribution in [3.8, 4) is 5.75 Å². The van der Waals surface area contributed by atoms with E-state index in [1.807, 2.05) is 24.5 Å². The van der Waals surface area contributed by atoms with Gasteiger partial charge in [-0.15, -0.1) is 24.0 Å². The smallest absolute Gasteiger partial charge is 0.241 e. The zero-order chi connectivity index (χ0) is 17.9. The van der Waals surface area contributed by atoms with Crippen LogP contribution in [0.3, 0.4) is 0 Å². The van der Waals surface area contributed by atoms with Crippen molar-refractivity contribution in [1.82, 2.24) is 15.5 Å². The van der Waals surface area contributed by atoms with E-state index in [-0.39, 0.29) is 36.4 Å². The van der Waals surface area contributed by atoms with Crippen molar-refractivity contribution in [2.24, 2.45) is 4.99 Å². The van der Waals surface area contributed by atoms with E-state index < -0.39 is 0 Å². The van der Waals surface area contributed by atoms with E-state index in [2.05, 4.69) is 31.6 Å². The van der Waals surface area contributed by atoms with E-state index in [9.17, 15) is 4.79 Å². The number of carbonyl (C=O) groups excluding carboxylic acids is 1. The summed E-state index contributed by atoms with van der Waals surface area (Å²) < 4.78 is 6.34. The zero-order valence-corrected chi connectivity index (χ0v) is 19.7. The van der Waals surface area contributed by atoms with Gasteiger partial charge >= 0.3 is 0 Å². The lowest BCUT2D eigenvalue weighted by Crippen LogP contribution is -2.43. The van der Waals surface area contributed by atoms with Gasteiger partial charge in [0.2, 0.25) is 5.91 Å². The summed E-state index contributed by atoms with van der Waals surface area (Å²) in [4.78, 5) is 17.9. The third-order valence-electron chi connectivity index (χ3n) is 3.15. The number of amides is 1. The molecule has 2 N–H and O–H groups in total. The number of guanidine groups is 1. The number of likely N-dealkylation sites (N-methyl/N-ethyl adjacent to an activating group) is 1. The van der Waals surface area contributed by atoms with Crippen LogP contribution in [0, 0.1) is 0 Å². The van der Waals surface area contributed by atoms with E-state index in [0.29, 0.717) is 12.5 Å². The maximum atomic E-state index is 11.7. The lowest BCUT2D eigenvalue weighted by Gasteiger charge is -2.15. The summed E-state index contributed by atoms with van der Waals surface area (Å²) in [6, 6.07) is 5.81. The maximum absolute atomic E-state index is 11.7. The highest BCUT2D eigenvalue weighted by atomic mass is 127. The van der Waals surface area contributed by atoms with Crippen LogP contribution in [0.1, 0.15) is 5.56 Å². The molecule has 1 amide bonds. The van der Waals surface area contributed by atoms with Crippen molar-refractivity contribution in [2.75, 3.05) is 46.3 Å². The minimum absolute atomic E-state index is 0. The zero-order valence-electron chi connectivity index (χ0n) is 15.0. The van der Waals surface area contributed by atoms with Crippen molar-refractivity contribution >= 4 is 63.5 Å². The second-order valence-corrected chi connectivity index (χ2v) is 7.08. The van der Waals surface area contributed by atoms with Crippen LogP contribution in [0.25, 0.3) is 0 Å². The van der Waals surface area contributed by atoms with Crippen LogP contribution in [-0.2, 0) is 11.3 Å². The van der Waals surface area contributed by atoms with Crippen molar-refractivity contribution in [3.63, 3.8) is 0 Å². The molecule has 0 spiro atoms. The minimum atomic E-state index is -0.00518. The molecule has 0 aliphatic rings. The molecule has 0 aliphatic heterocycles. The predicted octanol–water partition coefficient (Wildman–Crippen LogP) is 2.56. The number of thioether (sulfide) groups is 1. The number of hydrogen-bond donors (Lipinski definition) is 2. The van der Waals surface area contributed by atoms with E-state index in [1.54, 1.807) is 37.9 Å². The summed E-state index contributed by atoms with van der Waals surface area (Å²) in [5.74, 6) is 2.35. The Hall–Kier alpha value is -0.680. The Balaban J connectivity index is 0.00000576. The van der Waals surface area contributed by atoms with Gasteiger partial charge in [-0.25, -0.2) is 4.99 Å². The fraction of sp³-hybridized carbons (Fsp3) is 0.500. The number of halogens is 2. The van der Waals surface area contributed by atoms with Crippen LogP contribution in [0.2, 0.25) is 0 Å². The molecule has 1 aromatic rings. The first-order chi connectivity index (χ1) is 11.5. The Morgan fingerprint density at radius 1 is 1.36 bits per heavy atom. The van der Waals surface area contributed by atoms with Gasteiger partial charge in [0, 0.05) is 36.4 Å². The van der Waals surface area contributed by atoms with Crippen molar-refractivity contribution in [2.45, 2.75) is 6.54 Å². The lowest BCUT2D eigenvalue weighted by molar-refractivity contribution is -0.127. The molecule has 25 heavy (non-hydrogen) atoms. The van der Waals surface area contributed by atoms with Crippen molar-refractivity contribution in [1.29, 1.82) is 0 Å². The van der Waals surface area contributed by atoms with Crippen molar-refractivity contribution in [3.05, 3.63) is 28.2 Å². The molecular weight excluding hydrogens is 519 g/mol. The summed E-state index contributed by atoms with van der Waals surface area (Å²) in [5, 5.41) is 6.30. The van der Waals surface area contributed by atoms with E-state index in [4.69, 9.17) is 4.74 Å². The van der Waals surface area contributed by atoms with Crippen LogP contribution in [0.4, 0.5) is 0 Å². The minimum Gasteiger partial charge on any atom is -0.496 e. The number of hydrogen-bond acceptors (Lipinski definition) is 4. The second-order valence-electron chi connectivity index (χ2n) is 5.18. The standard InChI is InChI=1S/C16H25BrN4O2S.HI/c1-21(2)15(22)11-20-16(18-7-8-24-4)19-10-12-9-13(17)5-6-14(12)23-3;/h5-6,9H,7-8,10-11H2,1-4H3,(H2,18,19,20);1H. The summed E-state index contributed by atoms with van der Waals surface area (Å²) in [5.41, 5.74) is 0.969. The summed E-state index contributed by atoms with van der Waals surface area (Å²) in [6.45, 7) is 1.43. The molecule has 0 fully saturated rings. The topological polar surface area (TPSA) is 66.0 Å². The van der Waals surface area contributed by atoms with Crippen LogP contribution < -0.4 is 15.4 Å². The summed E-state index contributed by atoms with van der Waals surface area (Å²) in [6.07, 6.45) is 2.05. The molecule has 0 radical (unpaired) electrons. The Morgan fingerprint density at radius 2 is 2.08 bits per heavy atom. The van der Waals surface area contributed by atoms with Gasteiger partial charge in [0.1, 0.15) is 5.75 Å². The molecule has 1 aromatic carbocycles. The van der Waals surface area contributed by atoms with Crippen LogP contribution in [0.15, 0.2) is 27.7 Å². The Bertz CT molecular complexity index is 573. The van der Waals surface area contributed by atoms with Crippen LogP contribution >= 0.6 is 51.7 Å². The van der Waals surface area contributed by atoms with Crippen LogP contribution in [-0.4, -0.2) is 63.1 Å². The van der Waals surface area contributed by atoms with Crippen LogP contribution in [0.5, 0.6) is 5.75 Å². The lowest BCUT2D eigenvalue weighted by atomic mass is 10.2. The second kappa shape index (κ2) is 13.5. The Labute approximate surface area is 179 Å². The first kappa shape index (κ1) is 24.3. The van der Waals surface area contributed by atoms with Gasteiger partial charge in [-0.2, -0.15) is 11.8 Å². The molecule has 142 valence electrons. The Kier molecular flexibility index (Phi) is 13.1. The third kappa shape index (κ3) is 9.55. The van der Waals surface area contributed by atoms with Crippen molar-refractivity contribution < 1.29 is 9.53 Å². The first-order valence-electron chi connectivity index (χ1n) is 7.51. The monoisotopic (exact) mass is 544 g/mol. The number of ether oxygens (including phenoxy) is 1. The fourth-order valence-corrected chi connectivity index (χ4v) is 2.51. The van der Waals surface area contributed by atoms with Gasteiger partial charge in [-0.05, 0) is 24.5 Å². The van der Waals surface area contributed by atoms with Gasteiger partial charge in [0.25, 0.3) is 0 Å². The number of benzene rings is 1. The summed E-state index contributed by atoms with van der Waals surface area (Å²) in [7, 11) is 5.10. The van der Waals surface area contributed by atoms with Gasteiger partial charge in [-0.3, -0.25) is 4.79 Å². The molecular formula is C16H26BrIN4O2S. The van der Waals surface area contributed by atoms with Gasteiger partial charge in [0.15, 0.2) is 5.96 Å². The molecule has 0 bridgehead atoms. The molecule has 0 saturated heterocycles. The average Bonchev–Trinajstić information content (AvgIpc) is 2.56. The van der Waals surface area contributed by atoms with E-state index in [1.165, 1.54) is 0 Å². The predicted molar refractivity (Wildman–Crippen MR) is 120 cm³/mol. The quantitative estimate of drug-likeness (QED) is 0.228. The fourth-order valence-electron chi connectivity index (χ4n) is 1.80. The molecule has 0 saturated carbocycles. The largest absolute Gasteiger partial charge is 0.496 e. The molecule has 0 heterocycles. The number of carbonyl (C=O) groups is 1. The number of methoxy groups -OCH3 is 1. The number of nitrogens with zero attached hydrogens (tertiary/aromatic N) is 2. The highest BCUT2D eigenvalue weighted by molar-refractivity contribution is 14.0. The molecule has 0 aliphatic carbocycles. The Morgan fingerprint density at radius 3 is 2.68 bits per heavy atom. The maximum Gasteiger partial charge on any atom is 0.241 e. The first-order valence-corrected chi connectivity index (χ1v) is 9.70. The average molecular weight is 545 g/mol. The highest BCUT2D eigenvalue weighted by Gasteiger charge is 2.07. The molecule has 0 aromatic heterocycles. The number of nitrogens with one attached hydrogen (secondary N) is 2. The molecule has 9 heteroatoms. The van der Waals surface area contributed by atoms with E-state index >= 15 is 0 Å². The molecule has 1 rings (SSSR count). The van der Waals surface area contributed by atoms with Gasteiger partial charge < -0.3 is 20.3 Å². The van der Waals surface area contributed by atoms with Gasteiger partial charge in [0.05, 0.1) is 20.2 Å². The normalized spacial score (nSPS) is 10.7. The molecule has 0 unspecified atom stereocenters. The SMILES string of the molecule is COc1ccc(Br)cc1CN=C(NCCSC)NCC(=O)N(C)C.I. The molecule has 0 atom stereocenters.